The van der Waals surface area contributed by atoms with E-state index in [1.165, 1.54) is 0 Å². The molecule has 0 radical (unpaired) electrons. The van der Waals surface area contributed by atoms with Gasteiger partial charge in [-0.05, 0) is 25.1 Å². The maximum atomic E-state index is 13.0. The van der Waals surface area contributed by atoms with Crippen molar-refractivity contribution >= 4 is 45.8 Å². The van der Waals surface area contributed by atoms with E-state index in [1.807, 2.05) is 41.8 Å². The predicted molar refractivity (Wildman–Crippen MR) is 115 cm³/mol. The molecule has 0 fully saturated rings. The molecule has 5 heterocycles. The molecule has 0 bridgehead atoms. The van der Waals surface area contributed by atoms with Crippen LogP contribution in [0, 0.1) is 6.92 Å². The lowest BCUT2D eigenvalue weighted by molar-refractivity contribution is -0.123. The highest BCUT2D eigenvalue weighted by Crippen LogP contribution is 2.37. The summed E-state index contributed by atoms with van der Waals surface area (Å²) in [5, 5.41) is 13.6. The van der Waals surface area contributed by atoms with Crippen LogP contribution in [0.3, 0.4) is 0 Å². The first-order valence-electron chi connectivity index (χ1n) is 9.66. The van der Waals surface area contributed by atoms with E-state index in [0.29, 0.717) is 33.7 Å². The van der Waals surface area contributed by atoms with Gasteiger partial charge >= 0.3 is 0 Å². The Morgan fingerprint density at radius 3 is 2.74 bits per heavy atom. The van der Waals surface area contributed by atoms with Gasteiger partial charge in [0.05, 0.1) is 40.0 Å². The lowest BCUT2D eigenvalue weighted by Crippen LogP contribution is -2.25. The average Bonchev–Trinajstić information content (AvgIpc) is 3.33. The summed E-state index contributed by atoms with van der Waals surface area (Å²) in [7, 11) is 0. The molecule has 0 saturated carbocycles. The maximum absolute atomic E-state index is 13.0. The van der Waals surface area contributed by atoms with Crippen LogP contribution in [0.1, 0.15) is 17.0 Å². The van der Waals surface area contributed by atoms with Gasteiger partial charge in [0, 0.05) is 29.5 Å². The molecule has 1 aromatic carbocycles. The molecule has 0 atom stereocenters. The van der Waals surface area contributed by atoms with Gasteiger partial charge in [-0.15, -0.1) is 0 Å². The highest BCUT2D eigenvalue weighted by Gasteiger charge is 2.37. The van der Waals surface area contributed by atoms with E-state index in [1.54, 1.807) is 35.3 Å². The lowest BCUT2D eigenvalue weighted by atomic mass is 9.96. The number of rotatable bonds is 2. The van der Waals surface area contributed by atoms with Crippen LogP contribution in [-0.4, -0.2) is 36.6 Å². The second-order valence-corrected chi connectivity index (χ2v) is 7.39. The molecule has 150 valence electrons. The summed E-state index contributed by atoms with van der Waals surface area (Å²) in [6.45, 7) is 1.81. The van der Waals surface area contributed by atoms with Crippen molar-refractivity contribution in [2.45, 2.75) is 6.92 Å². The summed E-state index contributed by atoms with van der Waals surface area (Å²) >= 11 is 0. The van der Waals surface area contributed by atoms with E-state index in [9.17, 15) is 14.7 Å². The van der Waals surface area contributed by atoms with Gasteiger partial charge in [-0.2, -0.15) is 0 Å². The van der Waals surface area contributed by atoms with Crippen molar-refractivity contribution in [3.63, 3.8) is 0 Å². The molecule has 8 heteroatoms. The molecule has 2 N–H and O–H groups in total. The fraction of sp³-hybridized carbons (Fsp3) is 0.0435. The zero-order chi connectivity index (χ0) is 21.3. The van der Waals surface area contributed by atoms with E-state index >= 15 is 0 Å². The zero-order valence-corrected chi connectivity index (χ0v) is 16.3. The third kappa shape index (κ3) is 2.24. The number of imide groups is 1. The Labute approximate surface area is 175 Å². The molecule has 6 rings (SSSR count). The summed E-state index contributed by atoms with van der Waals surface area (Å²) in [5.74, 6) is -0.843. The SMILES string of the molecule is Cc1c(O)c2cccc3c2n1C=CN=C3C1=C(c2cnc3ccccn23)C(=O)NC1=O. The van der Waals surface area contributed by atoms with Crippen LogP contribution in [0.15, 0.2) is 65.6 Å². The normalized spacial score (nSPS) is 15.7. The quantitative estimate of drug-likeness (QED) is 0.497. The van der Waals surface area contributed by atoms with Crippen LogP contribution in [0.4, 0.5) is 0 Å². The van der Waals surface area contributed by atoms with Gasteiger partial charge in [0.1, 0.15) is 11.4 Å². The number of hydrogen-bond acceptors (Lipinski definition) is 5. The van der Waals surface area contributed by atoms with Crippen molar-refractivity contribution < 1.29 is 14.7 Å². The minimum Gasteiger partial charge on any atom is -0.505 e. The Morgan fingerprint density at radius 1 is 1.03 bits per heavy atom. The average molecular weight is 409 g/mol. The van der Waals surface area contributed by atoms with Crippen molar-refractivity contribution in [1.29, 1.82) is 0 Å². The number of carbonyl (C=O) groups excluding carboxylic acids is 2. The first-order valence-corrected chi connectivity index (χ1v) is 9.66. The van der Waals surface area contributed by atoms with Crippen LogP contribution in [0.5, 0.6) is 5.75 Å². The van der Waals surface area contributed by atoms with E-state index in [2.05, 4.69) is 15.3 Å². The highest BCUT2D eigenvalue weighted by molar-refractivity contribution is 6.48. The number of aromatic hydroxyl groups is 1. The van der Waals surface area contributed by atoms with Gasteiger partial charge in [0.2, 0.25) is 0 Å². The number of amides is 2. The molecule has 0 spiro atoms. The van der Waals surface area contributed by atoms with Crippen molar-refractivity contribution in [2.24, 2.45) is 4.99 Å². The number of para-hydroxylation sites is 1. The molecule has 2 aliphatic heterocycles. The Hall–Kier alpha value is -4.46. The highest BCUT2D eigenvalue weighted by atomic mass is 16.3. The zero-order valence-electron chi connectivity index (χ0n) is 16.3. The number of aliphatic imine (C=N–C) groups is 1. The smallest absolute Gasteiger partial charge is 0.261 e. The minimum atomic E-state index is -0.518. The molecule has 4 aromatic rings. The van der Waals surface area contributed by atoms with Crippen LogP contribution in [0.25, 0.3) is 28.3 Å². The number of aromatic nitrogens is 3. The number of imidazole rings is 1. The van der Waals surface area contributed by atoms with E-state index in [4.69, 9.17) is 0 Å². The third-order valence-corrected chi connectivity index (χ3v) is 5.75. The van der Waals surface area contributed by atoms with E-state index < -0.39 is 11.8 Å². The lowest BCUT2D eigenvalue weighted by Gasteiger charge is -2.09. The Bertz CT molecular complexity index is 1560. The topological polar surface area (TPSA) is 101 Å². The Morgan fingerprint density at radius 2 is 1.87 bits per heavy atom. The summed E-state index contributed by atoms with van der Waals surface area (Å²) in [6, 6.07) is 10.9. The number of hydrogen-bond donors (Lipinski definition) is 2. The molecule has 0 saturated heterocycles. The molecule has 2 amide bonds. The second-order valence-electron chi connectivity index (χ2n) is 7.39. The minimum absolute atomic E-state index is 0.172. The summed E-state index contributed by atoms with van der Waals surface area (Å²) in [4.78, 5) is 34.7. The number of nitrogens with one attached hydrogen (secondary N) is 1. The van der Waals surface area contributed by atoms with Crippen LogP contribution < -0.4 is 5.32 Å². The van der Waals surface area contributed by atoms with Crippen molar-refractivity contribution in [3.05, 3.63) is 77.5 Å². The first-order chi connectivity index (χ1) is 15.1. The molecule has 3 aromatic heterocycles. The first kappa shape index (κ1) is 17.4. The van der Waals surface area contributed by atoms with Crippen molar-refractivity contribution in [1.82, 2.24) is 19.3 Å². The number of pyridine rings is 1. The number of fused-ring (bicyclic) bond motifs is 1. The molecule has 31 heavy (non-hydrogen) atoms. The number of carbonyl (C=O) groups is 2. The molecule has 0 aliphatic carbocycles. The third-order valence-electron chi connectivity index (χ3n) is 5.75. The van der Waals surface area contributed by atoms with Gasteiger partial charge in [-0.25, -0.2) is 4.98 Å². The van der Waals surface area contributed by atoms with E-state index in [0.717, 1.165) is 5.52 Å². The van der Waals surface area contributed by atoms with Crippen LogP contribution >= 0.6 is 0 Å². The standard InChI is InChI=1S/C23H15N5O3/c1-12-21(29)14-6-4-5-13-19(24-8-10-27(12)20(13)14)18-17(22(30)26-23(18)31)15-11-25-16-7-2-3-9-28(15)16/h2-11,29H,1H3,(H,26,30,31). The summed E-state index contributed by atoms with van der Waals surface area (Å²) in [6.07, 6.45) is 6.67. The Balaban J connectivity index is 1.69. The molecule has 8 nitrogen and oxygen atoms in total. The van der Waals surface area contributed by atoms with E-state index in [-0.39, 0.29) is 16.9 Å². The summed E-state index contributed by atoms with van der Waals surface area (Å²) < 4.78 is 3.60. The van der Waals surface area contributed by atoms with Gasteiger partial charge in [0.25, 0.3) is 11.8 Å². The van der Waals surface area contributed by atoms with Gasteiger partial charge in [0.15, 0.2) is 0 Å². The van der Waals surface area contributed by atoms with Gasteiger partial charge < -0.3 is 9.67 Å². The van der Waals surface area contributed by atoms with Gasteiger partial charge in [-0.3, -0.25) is 24.3 Å². The number of benzene rings is 1. The largest absolute Gasteiger partial charge is 0.505 e. The van der Waals surface area contributed by atoms with Crippen molar-refractivity contribution in [3.8, 4) is 5.75 Å². The van der Waals surface area contributed by atoms with Gasteiger partial charge in [-0.1, -0.05) is 18.2 Å². The summed E-state index contributed by atoms with van der Waals surface area (Å²) in [5.41, 5.74) is 3.97. The molecule has 0 unspecified atom stereocenters. The molecular weight excluding hydrogens is 394 g/mol. The second kappa shape index (κ2) is 6.02. The monoisotopic (exact) mass is 409 g/mol. The maximum Gasteiger partial charge on any atom is 0.261 e. The molecular formula is C23H15N5O3. The fourth-order valence-corrected chi connectivity index (χ4v) is 4.33. The van der Waals surface area contributed by atoms with Crippen molar-refractivity contribution in [2.75, 3.05) is 0 Å². The Kier molecular flexibility index (Phi) is 3.38. The fourth-order valence-electron chi connectivity index (χ4n) is 4.33. The van der Waals surface area contributed by atoms with Crippen LogP contribution in [-0.2, 0) is 9.59 Å². The predicted octanol–water partition coefficient (Wildman–Crippen LogP) is 2.64. The molecule has 2 aliphatic rings. The van der Waals surface area contributed by atoms with Crippen LogP contribution in [0.2, 0.25) is 0 Å². The number of nitrogens with zero attached hydrogens (tertiary/aromatic N) is 4.